The Morgan fingerprint density at radius 3 is 2.50 bits per heavy atom. The lowest BCUT2D eigenvalue weighted by molar-refractivity contribution is -0.141. The van der Waals surface area contributed by atoms with Crippen molar-refractivity contribution in [2.45, 2.75) is 32.2 Å². The zero-order valence-corrected chi connectivity index (χ0v) is 11.7. The van der Waals surface area contributed by atoms with Gasteiger partial charge in [-0.05, 0) is 19.4 Å². The average Bonchev–Trinajstić information content (AvgIpc) is 2.42. The third-order valence-corrected chi connectivity index (χ3v) is 3.75. The van der Waals surface area contributed by atoms with E-state index in [-0.39, 0.29) is 5.97 Å². The molecule has 18 heavy (non-hydrogen) atoms. The molecule has 0 bridgehead atoms. The van der Waals surface area contributed by atoms with E-state index in [1.807, 2.05) is 0 Å². The number of hydrogen-bond donors (Lipinski definition) is 1. The molecule has 2 N–H and O–H groups in total. The molecule has 106 valence electrons. The highest BCUT2D eigenvalue weighted by Gasteiger charge is 2.22. The fraction of sp³-hybridized carbons (Fsp3) is 0.923. The molecule has 1 saturated heterocycles. The van der Waals surface area contributed by atoms with Crippen LogP contribution in [0.25, 0.3) is 0 Å². The topological polar surface area (TPSA) is 58.8 Å². The molecule has 1 aliphatic rings. The van der Waals surface area contributed by atoms with Crippen LogP contribution >= 0.6 is 0 Å². The molecule has 1 aliphatic heterocycles. The first kappa shape index (κ1) is 15.4. The first-order chi connectivity index (χ1) is 8.71. The number of rotatable bonds is 7. The van der Waals surface area contributed by atoms with Gasteiger partial charge in [0.25, 0.3) is 0 Å². The lowest BCUT2D eigenvalue weighted by atomic mass is 10.1. The van der Waals surface area contributed by atoms with Crippen LogP contribution in [0, 0.1) is 0 Å². The van der Waals surface area contributed by atoms with Crippen molar-refractivity contribution >= 4 is 5.97 Å². The van der Waals surface area contributed by atoms with Gasteiger partial charge in [0.1, 0.15) is 0 Å². The van der Waals surface area contributed by atoms with Gasteiger partial charge in [-0.2, -0.15) is 0 Å². The summed E-state index contributed by atoms with van der Waals surface area (Å²) < 4.78 is 4.66. The van der Waals surface area contributed by atoms with Crippen molar-refractivity contribution in [3.05, 3.63) is 0 Å². The molecule has 0 radical (unpaired) electrons. The second-order valence-corrected chi connectivity index (χ2v) is 4.84. The minimum atomic E-state index is -0.119. The number of esters is 1. The summed E-state index contributed by atoms with van der Waals surface area (Å²) in [6, 6.07) is 0.623. The third-order valence-electron chi connectivity index (χ3n) is 3.75. The minimum absolute atomic E-state index is 0.119. The van der Waals surface area contributed by atoms with E-state index in [0.717, 1.165) is 45.7 Å². The van der Waals surface area contributed by atoms with Crippen LogP contribution in [0.15, 0.2) is 0 Å². The quantitative estimate of drug-likeness (QED) is 0.665. The normalized spacial score (nSPS) is 19.7. The molecule has 1 rings (SSSR count). The molecule has 0 spiro atoms. The van der Waals surface area contributed by atoms with Crippen molar-refractivity contribution in [2.24, 2.45) is 5.73 Å². The van der Waals surface area contributed by atoms with Crippen LogP contribution in [0.1, 0.15) is 26.2 Å². The largest absolute Gasteiger partial charge is 0.469 e. The SMILES string of the molecule is CCC(CCN)N1CCN(CCC(=O)OC)CC1. The molecule has 1 unspecified atom stereocenters. The monoisotopic (exact) mass is 257 g/mol. The Balaban J connectivity index is 2.25. The highest BCUT2D eigenvalue weighted by atomic mass is 16.5. The summed E-state index contributed by atoms with van der Waals surface area (Å²) in [6.07, 6.45) is 2.74. The maximum absolute atomic E-state index is 11.1. The molecule has 5 heteroatoms. The summed E-state index contributed by atoms with van der Waals surface area (Å²) in [5.74, 6) is -0.119. The fourth-order valence-corrected chi connectivity index (χ4v) is 2.54. The minimum Gasteiger partial charge on any atom is -0.469 e. The molecule has 1 fully saturated rings. The van der Waals surface area contributed by atoms with E-state index >= 15 is 0 Å². The number of hydrogen-bond acceptors (Lipinski definition) is 5. The number of carbonyl (C=O) groups excluding carboxylic acids is 1. The van der Waals surface area contributed by atoms with Crippen molar-refractivity contribution < 1.29 is 9.53 Å². The van der Waals surface area contributed by atoms with Crippen LogP contribution in [-0.4, -0.2) is 68.2 Å². The van der Waals surface area contributed by atoms with E-state index < -0.39 is 0 Å². The van der Waals surface area contributed by atoms with Crippen molar-refractivity contribution in [3.8, 4) is 0 Å². The lowest BCUT2D eigenvalue weighted by Gasteiger charge is -2.39. The predicted octanol–water partition coefficient (Wildman–Crippen LogP) is 0.295. The zero-order chi connectivity index (χ0) is 13.4. The van der Waals surface area contributed by atoms with Crippen LogP contribution in [0.3, 0.4) is 0 Å². The molecular weight excluding hydrogens is 230 g/mol. The highest BCUT2D eigenvalue weighted by molar-refractivity contribution is 5.69. The van der Waals surface area contributed by atoms with Crippen molar-refractivity contribution in [1.82, 2.24) is 9.80 Å². The van der Waals surface area contributed by atoms with Crippen LogP contribution in [-0.2, 0) is 9.53 Å². The number of carbonyl (C=O) groups is 1. The van der Waals surface area contributed by atoms with Gasteiger partial charge in [-0.15, -0.1) is 0 Å². The van der Waals surface area contributed by atoms with Crippen molar-refractivity contribution in [1.29, 1.82) is 0 Å². The fourth-order valence-electron chi connectivity index (χ4n) is 2.54. The second-order valence-electron chi connectivity index (χ2n) is 4.84. The molecule has 0 aliphatic carbocycles. The predicted molar refractivity (Wildman–Crippen MR) is 72.4 cm³/mol. The van der Waals surface area contributed by atoms with Crippen molar-refractivity contribution in [2.75, 3.05) is 46.4 Å². The van der Waals surface area contributed by atoms with Gasteiger partial charge >= 0.3 is 5.97 Å². The molecule has 1 heterocycles. The Morgan fingerprint density at radius 1 is 1.33 bits per heavy atom. The number of nitrogens with two attached hydrogens (primary N) is 1. The maximum atomic E-state index is 11.1. The third kappa shape index (κ3) is 4.92. The van der Waals surface area contributed by atoms with E-state index in [2.05, 4.69) is 21.5 Å². The molecule has 5 nitrogen and oxygen atoms in total. The summed E-state index contributed by atoms with van der Waals surface area (Å²) in [5.41, 5.74) is 5.65. The molecule has 0 aromatic heterocycles. The van der Waals surface area contributed by atoms with Gasteiger partial charge in [0.05, 0.1) is 13.5 Å². The van der Waals surface area contributed by atoms with Gasteiger partial charge in [-0.25, -0.2) is 0 Å². The smallest absolute Gasteiger partial charge is 0.306 e. The standard InChI is InChI=1S/C13H27N3O2/c1-3-12(4-6-14)16-10-8-15(9-11-16)7-5-13(17)18-2/h12H,3-11,14H2,1-2H3. The molecule has 0 saturated carbocycles. The van der Waals surface area contributed by atoms with Crippen molar-refractivity contribution in [3.63, 3.8) is 0 Å². The van der Waals surface area contributed by atoms with Gasteiger partial charge < -0.3 is 15.4 Å². The summed E-state index contributed by atoms with van der Waals surface area (Å²) in [4.78, 5) is 16.0. The van der Waals surface area contributed by atoms with Gasteiger partial charge in [0.2, 0.25) is 0 Å². The Morgan fingerprint density at radius 2 is 2.00 bits per heavy atom. The Kier molecular flexibility index (Phi) is 7.23. The Labute approximate surface area is 110 Å². The van der Waals surface area contributed by atoms with E-state index in [4.69, 9.17) is 5.73 Å². The van der Waals surface area contributed by atoms with Crippen LogP contribution in [0.4, 0.5) is 0 Å². The van der Waals surface area contributed by atoms with Gasteiger partial charge in [0.15, 0.2) is 0 Å². The number of methoxy groups -OCH3 is 1. The molecular formula is C13H27N3O2. The van der Waals surface area contributed by atoms with E-state index in [1.165, 1.54) is 13.5 Å². The summed E-state index contributed by atoms with van der Waals surface area (Å²) in [7, 11) is 1.44. The van der Waals surface area contributed by atoms with Crippen LogP contribution in [0.2, 0.25) is 0 Å². The number of ether oxygens (including phenoxy) is 1. The van der Waals surface area contributed by atoms with Crippen LogP contribution < -0.4 is 5.73 Å². The lowest BCUT2D eigenvalue weighted by Crippen LogP contribution is -2.50. The van der Waals surface area contributed by atoms with E-state index in [9.17, 15) is 4.79 Å². The number of nitrogens with zero attached hydrogens (tertiary/aromatic N) is 2. The highest BCUT2D eigenvalue weighted by Crippen LogP contribution is 2.12. The maximum Gasteiger partial charge on any atom is 0.306 e. The second kappa shape index (κ2) is 8.45. The first-order valence-electron chi connectivity index (χ1n) is 6.94. The average molecular weight is 257 g/mol. The van der Waals surface area contributed by atoms with Crippen LogP contribution in [0.5, 0.6) is 0 Å². The van der Waals surface area contributed by atoms with E-state index in [1.54, 1.807) is 0 Å². The van der Waals surface area contributed by atoms with Gasteiger partial charge in [0, 0.05) is 38.8 Å². The Bertz CT molecular complexity index is 240. The van der Waals surface area contributed by atoms with Gasteiger partial charge in [-0.1, -0.05) is 6.92 Å². The number of piperazine rings is 1. The molecule has 0 aromatic rings. The zero-order valence-electron chi connectivity index (χ0n) is 11.7. The molecule has 0 amide bonds. The summed E-state index contributed by atoms with van der Waals surface area (Å²) in [5, 5.41) is 0. The summed E-state index contributed by atoms with van der Waals surface area (Å²) in [6.45, 7) is 8.05. The molecule has 1 atom stereocenters. The van der Waals surface area contributed by atoms with E-state index in [0.29, 0.717) is 12.5 Å². The summed E-state index contributed by atoms with van der Waals surface area (Å²) >= 11 is 0. The Hall–Kier alpha value is -0.650. The van der Waals surface area contributed by atoms with Gasteiger partial charge in [-0.3, -0.25) is 9.69 Å². The molecule has 0 aromatic carbocycles. The first-order valence-corrected chi connectivity index (χ1v) is 6.94.